The van der Waals surface area contributed by atoms with E-state index >= 15 is 0 Å². The van der Waals surface area contributed by atoms with Gasteiger partial charge in [-0.05, 0) is 42.0 Å². The molecule has 0 fully saturated rings. The van der Waals surface area contributed by atoms with Crippen LogP contribution in [-0.4, -0.2) is 45.9 Å². The first kappa shape index (κ1) is 23.2. The van der Waals surface area contributed by atoms with E-state index in [1.807, 2.05) is 6.07 Å². The van der Waals surface area contributed by atoms with Gasteiger partial charge in [0, 0.05) is 30.9 Å². The quantitative estimate of drug-likeness (QED) is 0.512. The number of anilines is 1. The number of carbonyl (C=O) groups excluding carboxylic acids is 1. The van der Waals surface area contributed by atoms with E-state index in [4.69, 9.17) is 18.9 Å². The maximum Gasteiger partial charge on any atom is 0.387 e. The van der Waals surface area contributed by atoms with Crippen LogP contribution < -0.4 is 24.3 Å². The third kappa shape index (κ3) is 4.41. The number of fused-ring (bicyclic) bond motifs is 3. The van der Waals surface area contributed by atoms with Gasteiger partial charge in [0.1, 0.15) is 17.6 Å². The lowest BCUT2D eigenvalue weighted by Gasteiger charge is -2.31. The Kier molecular flexibility index (Phi) is 6.45. The lowest BCUT2D eigenvalue weighted by molar-refractivity contribution is -0.0496. The fraction of sp³-hybridized carbons (Fsp3) is 0.240. The van der Waals surface area contributed by atoms with E-state index in [-0.39, 0.29) is 11.8 Å². The molecule has 0 saturated heterocycles. The maximum absolute atomic E-state index is 13.1. The first-order valence-electron chi connectivity index (χ1n) is 10.4. The van der Waals surface area contributed by atoms with Gasteiger partial charge in [-0.2, -0.15) is 8.78 Å². The molecule has 2 amide bonds. The topological polar surface area (TPSA) is 69.3 Å². The zero-order valence-corrected chi connectivity index (χ0v) is 19.1. The molecular weight excluding hydrogens is 446 g/mol. The number of hydrogen-bond acceptors (Lipinski definition) is 5. The van der Waals surface area contributed by atoms with Crippen molar-refractivity contribution in [2.75, 3.05) is 33.6 Å². The van der Waals surface area contributed by atoms with Crippen LogP contribution in [-0.2, 0) is 0 Å². The van der Waals surface area contributed by atoms with Gasteiger partial charge in [-0.15, -0.1) is 0 Å². The molecule has 0 spiro atoms. The van der Waals surface area contributed by atoms with E-state index in [1.54, 1.807) is 63.7 Å². The van der Waals surface area contributed by atoms with Gasteiger partial charge < -0.3 is 29.2 Å². The van der Waals surface area contributed by atoms with Gasteiger partial charge >= 0.3 is 12.6 Å². The van der Waals surface area contributed by atoms with Gasteiger partial charge in [-0.3, -0.25) is 0 Å². The first-order chi connectivity index (χ1) is 16.3. The summed E-state index contributed by atoms with van der Waals surface area (Å²) in [5.41, 5.74) is 3.02. The smallest absolute Gasteiger partial charge is 0.387 e. The van der Waals surface area contributed by atoms with E-state index in [1.165, 1.54) is 18.1 Å². The molecule has 0 aromatic heterocycles. The number of nitrogens with one attached hydrogen (secondary N) is 1. The van der Waals surface area contributed by atoms with E-state index in [0.717, 1.165) is 5.56 Å². The number of alkyl halides is 2. The molecule has 7 nitrogen and oxygen atoms in total. The fourth-order valence-electron chi connectivity index (χ4n) is 3.84. The third-order valence-electron chi connectivity index (χ3n) is 5.42. The Labute approximate surface area is 195 Å². The number of ether oxygens (including phenoxy) is 4. The van der Waals surface area contributed by atoms with Crippen molar-refractivity contribution in [3.05, 3.63) is 65.7 Å². The van der Waals surface area contributed by atoms with Gasteiger partial charge in [0.25, 0.3) is 0 Å². The monoisotopic (exact) mass is 470 g/mol. The molecule has 1 N–H and O–H groups in total. The summed E-state index contributed by atoms with van der Waals surface area (Å²) >= 11 is 0. The van der Waals surface area contributed by atoms with Crippen molar-refractivity contribution in [2.24, 2.45) is 0 Å². The highest BCUT2D eigenvalue weighted by Gasteiger charge is 2.31. The summed E-state index contributed by atoms with van der Waals surface area (Å²) in [6, 6.07) is 15.1. The Balaban J connectivity index is 1.87. The predicted octanol–water partition coefficient (Wildman–Crippen LogP) is 5.55. The lowest BCUT2D eigenvalue weighted by atomic mass is 9.88. The number of hydrogen-bond donors (Lipinski definition) is 1. The Morgan fingerprint density at radius 3 is 2.44 bits per heavy atom. The molecule has 0 aliphatic carbocycles. The standard InChI is InChI=1S/C25H24F2N2O5/c1-29(2)25(30)28-15-9-10-16-17(13-15)23(14-8-11-18(31-3)21(12-14)32-4)33-19-6-5-7-20(22(16)19)34-24(26)27/h5-13,23-24H,1-4H3,(H,28,30). The highest BCUT2D eigenvalue weighted by atomic mass is 19.3. The number of benzene rings is 3. The van der Waals surface area contributed by atoms with Crippen molar-refractivity contribution in [3.8, 4) is 34.1 Å². The van der Waals surface area contributed by atoms with Crippen LogP contribution in [0.4, 0.5) is 19.3 Å². The number of amides is 2. The van der Waals surface area contributed by atoms with Crippen molar-refractivity contribution >= 4 is 11.7 Å². The number of halogens is 2. The van der Waals surface area contributed by atoms with Crippen LogP contribution >= 0.6 is 0 Å². The molecule has 0 radical (unpaired) electrons. The average molecular weight is 470 g/mol. The van der Waals surface area contributed by atoms with Crippen LogP contribution in [0.25, 0.3) is 11.1 Å². The minimum absolute atomic E-state index is 0.00425. The van der Waals surface area contributed by atoms with Gasteiger partial charge in [0.05, 0.1) is 19.8 Å². The van der Waals surface area contributed by atoms with E-state index in [9.17, 15) is 13.6 Å². The van der Waals surface area contributed by atoms with Crippen molar-refractivity contribution in [1.82, 2.24) is 4.90 Å². The van der Waals surface area contributed by atoms with Crippen molar-refractivity contribution < 1.29 is 32.5 Å². The maximum atomic E-state index is 13.1. The molecule has 0 saturated carbocycles. The zero-order chi connectivity index (χ0) is 24.4. The number of carbonyl (C=O) groups is 1. The summed E-state index contributed by atoms with van der Waals surface area (Å²) in [5.74, 6) is 1.48. The van der Waals surface area contributed by atoms with E-state index in [2.05, 4.69) is 5.32 Å². The fourth-order valence-corrected chi connectivity index (χ4v) is 3.84. The molecule has 1 heterocycles. The molecular formula is C25H24F2N2O5. The van der Waals surface area contributed by atoms with Crippen molar-refractivity contribution in [2.45, 2.75) is 12.7 Å². The number of nitrogens with zero attached hydrogens (tertiary/aromatic N) is 1. The second kappa shape index (κ2) is 9.46. The summed E-state index contributed by atoms with van der Waals surface area (Å²) in [6.07, 6.45) is -0.611. The van der Waals surface area contributed by atoms with Gasteiger partial charge in [-0.25, -0.2) is 4.79 Å². The van der Waals surface area contributed by atoms with Crippen molar-refractivity contribution in [3.63, 3.8) is 0 Å². The predicted molar refractivity (Wildman–Crippen MR) is 123 cm³/mol. The molecule has 3 aromatic rings. The summed E-state index contributed by atoms with van der Waals surface area (Å²) in [4.78, 5) is 13.6. The largest absolute Gasteiger partial charge is 0.493 e. The minimum atomic E-state index is -2.99. The van der Waals surface area contributed by atoms with Crippen LogP contribution in [0.1, 0.15) is 17.2 Å². The first-order valence-corrected chi connectivity index (χ1v) is 10.4. The summed E-state index contributed by atoms with van der Waals surface area (Å²) < 4.78 is 48.1. The Bertz CT molecular complexity index is 1220. The second-order valence-corrected chi connectivity index (χ2v) is 7.75. The molecule has 1 aliphatic rings. The molecule has 4 rings (SSSR count). The van der Waals surface area contributed by atoms with Gasteiger partial charge in [-0.1, -0.05) is 18.2 Å². The Hall–Kier alpha value is -4.01. The molecule has 0 bridgehead atoms. The van der Waals surface area contributed by atoms with E-state index < -0.39 is 12.7 Å². The summed E-state index contributed by atoms with van der Waals surface area (Å²) in [5, 5.41) is 2.81. The van der Waals surface area contributed by atoms with E-state index in [0.29, 0.717) is 39.6 Å². The molecule has 1 aliphatic heterocycles. The summed E-state index contributed by atoms with van der Waals surface area (Å²) in [6.45, 7) is -2.99. The Morgan fingerprint density at radius 2 is 1.76 bits per heavy atom. The minimum Gasteiger partial charge on any atom is -0.493 e. The molecule has 3 aromatic carbocycles. The van der Waals surface area contributed by atoms with Crippen molar-refractivity contribution in [1.29, 1.82) is 0 Å². The molecule has 9 heteroatoms. The van der Waals surface area contributed by atoms with Crippen LogP contribution in [0.3, 0.4) is 0 Å². The number of rotatable bonds is 6. The summed E-state index contributed by atoms with van der Waals surface area (Å²) in [7, 11) is 6.35. The van der Waals surface area contributed by atoms with Crippen LogP contribution in [0.15, 0.2) is 54.6 Å². The van der Waals surface area contributed by atoms with Gasteiger partial charge in [0.15, 0.2) is 11.5 Å². The number of urea groups is 1. The average Bonchev–Trinajstić information content (AvgIpc) is 2.82. The lowest BCUT2D eigenvalue weighted by Crippen LogP contribution is -2.27. The third-order valence-corrected chi connectivity index (χ3v) is 5.42. The van der Waals surface area contributed by atoms with Crippen LogP contribution in [0, 0.1) is 0 Å². The highest BCUT2D eigenvalue weighted by Crippen LogP contribution is 2.50. The molecule has 34 heavy (non-hydrogen) atoms. The zero-order valence-electron chi connectivity index (χ0n) is 19.1. The second-order valence-electron chi connectivity index (χ2n) is 7.75. The molecule has 1 atom stereocenters. The molecule has 178 valence electrons. The Morgan fingerprint density at radius 1 is 1.00 bits per heavy atom. The molecule has 1 unspecified atom stereocenters. The van der Waals surface area contributed by atoms with Gasteiger partial charge in [0.2, 0.25) is 0 Å². The van der Waals surface area contributed by atoms with Crippen LogP contribution in [0.5, 0.6) is 23.0 Å². The highest BCUT2D eigenvalue weighted by molar-refractivity contribution is 5.90. The SMILES string of the molecule is COc1ccc(C2Oc3cccc(OC(F)F)c3-c3ccc(NC(=O)N(C)C)cc32)cc1OC. The normalized spacial score (nSPS) is 13.9. The van der Waals surface area contributed by atoms with Crippen LogP contribution in [0.2, 0.25) is 0 Å². The number of methoxy groups -OCH3 is 2.